The van der Waals surface area contributed by atoms with E-state index in [9.17, 15) is 0 Å². The van der Waals surface area contributed by atoms with Gasteiger partial charge in [0.05, 0.1) is 31.0 Å². The van der Waals surface area contributed by atoms with Crippen molar-refractivity contribution < 1.29 is 9.57 Å². The smallest absolute Gasteiger partial charge is 0.0916 e. The molecule has 1 heterocycles. The lowest BCUT2D eigenvalue weighted by molar-refractivity contribution is 0.00307. The molecule has 0 fully saturated rings. The van der Waals surface area contributed by atoms with Crippen molar-refractivity contribution in [3.63, 3.8) is 0 Å². The van der Waals surface area contributed by atoms with Crippen LogP contribution in [-0.4, -0.2) is 30.1 Å². The van der Waals surface area contributed by atoms with Gasteiger partial charge >= 0.3 is 0 Å². The quantitative estimate of drug-likeness (QED) is 0.599. The van der Waals surface area contributed by atoms with Crippen LogP contribution in [0.2, 0.25) is 0 Å². The fraction of sp³-hybridized carbons (Fsp3) is 0.462. The summed E-state index contributed by atoms with van der Waals surface area (Å²) in [4.78, 5) is 5.25. The third kappa shape index (κ3) is 2.87. The van der Waals surface area contributed by atoms with Crippen LogP contribution >= 0.6 is 0 Å². The maximum Gasteiger partial charge on any atom is 0.0916 e. The summed E-state index contributed by atoms with van der Waals surface area (Å²) in [7, 11) is 1.65. The van der Waals surface area contributed by atoms with E-state index in [1.807, 2.05) is 16.8 Å². The van der Waals surface area contributed by atoms with E-state index in [1.54, 1.807) is 7.11 Å². The van der Waals surface area contributed by atoms with Crippen molar-refractivity contribution in [3.8, 4) is 0 Å². The minimum absolute atomic E-state index is 0.531. The average Bonchev–Trinajstić information content (AvgIpc) is 2.77. The van der Waals surface area contributed by atoms with Crippen LogP contribution in [0.4, 0.5) is 0 Å². The van der Waals surface area contributed by atoms with Gasteiger partial charge in [0.15, 0.2) is 0 Å². The number of benzene rings is 1. The van der Waals surface area contributed by atoms with Gasteiger partial charge in [-0.1, -0.05) is 18.2 Å². The molecule has 0 saturated carbocycles. The summed E-state index contributed by atoms with van der Waals surface area (Å²) in [6, 6.07) is 8.23. The predicted molar refractivity (Wildman–Crippen MR) is 70.1 cm³/mol. The molecule has 2 aromatic rings. The number of hydrogen-bond donors (Lipinski definition) is 1. The Balaban J connectivity index is 2.04. The zero-order chi connectivity index (χ0) is 12.8. The maximum atomic E-state index is 5.25. The minimum atomic E-state index is 0.531. The number of hydrogen-bond acceptors (Lipinski definition) is 4. The van der Waals surface area contributed by atoms with Crippen molar-refractivity contribution in [2.45, 2.75) is 20.0 Å². The molecular formula is C13H19N3O2. The standard InChI is InChI=1S/C13H19N3O2/c1-3-16-13-7-5-4-6-11(13)12(15-16)10-14-18-9-8-17-2/h4-7,14H,3,8-10H2,1-2H3. The molecule has 0 atom stereocenters. The molecule has 1 aromatic heterocycles. The van der Waals surface area contributed by atoms with Gasteiger partial charge in [-0.15, -0.1) is 0 Å². The molecule has 0 aliphatic heterocycles. The number of aryl methyl sites for hydroxylation is 1. The van der Waals surface area contributed by atoms with Crippen LogP contribution in [0.5, 0.6) is 0 Å². The van der Waals surface area contributed by atoms with E-state index < -0.39 is 0 Å². The van der Waals surface area contributed by atoms with Gasteiger partial charge in [0, 0.05) is 19.0 Å². The number of hydroxylamine groups is 1. The molecule has 18 heavy (non-hydrogen) atoms. The second-order valence-electron chi connectivity index (χ2n) is 3.94. The number of para-hydroxylation sites is 1. The highest BCUT2D eigenvalue weighted by molar-refractivity contribution is 5.81. The topological polar surface area (TPSA) is 48.3 Å². The number of aromatic nitrogens is 2. The molecule has 0 saturated heterocycles. The third-order valence-electron chi connectivity index (χ3n) is 2.77. The van der Waals surface area contributed by atoms with Crippen LogP contribution in [0.15, 0.2) is 24.3 Å². The molecule has 0 radical (unpaired) electrons. The van der Waals surface area contributed by atoms with Crippen molar-refractivity contribution >= 4 is 10.9 Å². The van der Waals surface area contributed by atoms with Gasteiger partial charge in [-0.05, 0) is 13.0 Å². The van der Waals surface area contributed by atoms with Crippen LogP contribution in [0.1, 0.15) is 12.6 Å². The van der Waals surface area contributed by atoms with Crippen LogP contribution in [0.3, 0.4) is 0 Å². The Kier molecular flexibility index (Phi) is 4.69. The Labute approximate surface area is 107 Å². The Hall–Kier alpha value is -1.43. The van der Waals surface area contributed by atoms with Gasteiger partial charge in [0.1, 0.15) is 0 Å². The summed E-state index contributed by atoms with van der Waals surface area (Å²) in [6.07, 6.45) is 0. The van der Waals surface area contributed by atoms with E-state index in [4.69, 9.17) is 9.57 Å². The highest BCUT2D eigenvalue weighted by Gasteiger charge is 2.08. The molecule has 0 spiro atoms. The maximum absolute atomic E-state index is 5.25. The van der Waals surface area contributed by atoms with Gasteiger partial charge in [0.25, 0.3) is 0 Å². The molecule has 0 unspecified atom stereocenters. The lowest BCUT2D eigenvalue weighted by atomic mass is 10.2. The zero-order valence-corrected chi connectivity index (χ0v) is 10.8. The SMILES string of the molecule is CCn1nc(CNOCCOC)c2ccccc21. The number of rotatable bonds is 7. The average molecular weight is 249 g/mol. The third-order valence-corrected chi connectivity index (χ3v) is 2.77. The summed E-state index contributed by atoms with van der Waals surface area (Å²) in [6.45, 7) is 4.66. The summed E-state index contributed by atoms with van der Waals surface area (Å²) < 4.78 is 6.90. The van der Waals surface area contributed by atoms with E-state index in [0.29, 0.717) is 19.8 Å². The number of methoxy groups -OCH3 is 1. The van der Waals surface area contributed by atoms with Crippen molar-refractivity contribution in [2.75, 3.05) is 20.3 Å². The van der Waals surface area contributed by atoms with Crippen LogP contribution in [0, 0.1) is 0 Å². The zero-order valence-electron chi connectivity index (χ0n) is 10.8. The highest BCUT2D eigenvalue weighted by Crippen LogP contribution is 2.18. The molecule has 1 N–H and O–H groups in total. The lowest BCUT2D eigenvalue weighted by Crippen LogP contribution is -2.17. The Morgan fingerprint density at radius 1 is 1.28 bits per heavy atom. The van der Waals surface area contributed by atoms with Gasteiger partial charge in [-0.2, -0.15) is 10.6 Å². The molecule has 2 rings (SSSR count). The summed E-state index contributed by atoms with van der Waals surface area (Å²) in [5.74, 6) is 0. The Bertz CT molecular complexity index is 496. The van der Waals surface area contributed by atoms with Crippen molar-refractivity contribution in [1.82, 2.24) is 15.3 Å². The van der Waals surface area contributed by atoms with Crippen LogP contribution in [-0.2, 0) is 22.7 Å². The first-order valence-corrected chi connectivity index (χ1v) is 6.14. The van der Waals surface area contributed by atoms with E-state index in [1.165, 1.54) is 5.39 Å². The second-order valence-corrected chi connectivity index (χ2v) is 3.94. The van der Waals surface area contributed by atoms with E-state index in [2.05, 4.69) is 29.6 Å². The van der Waals surface area contributed by atoms with Crippen molar-refractivity contribution in [1.29, 1.82) is 0 Å². The highest BCUT2D eigenvalue weighted by atomic mass is 16.7. The number of fused-ring (bicyclic) bond motifs is 1. The number of ether oxygens (including phenoxy) is 1. The predicted octanol–water partition coefficient (Wildman–Crippen LogP) is 1.72. The normalized spacial score (nSPS) is 11.2. The summed E-state index contributed by atoms with van der Waals surface area (Å²) in [5, 5.41) is 5.74. The van der Waals surface area contributed by atoms with Crippen LogP contribution in [0.25, 0.3) is 10.9 Å². The first-order chi connectivity index (χ1) is 8.86. The van der Waals surface area contributed by atoms with Crippen molar-refractivity contribution in [3.05, 3.63) is 30.0 Å². The monoisotopic (exact) mass is 249 g/mol. The fourth-order valence-electron chi connectivity index (χ4n) is 1.88. The van der Waals surface area contributed by atoms with E-state index >= 15 is 0 Å². The second kappa shape index (κ2) is 6.49. The fourth-order valence-corrected chi connectivity index (χ4v) is 1.88. The molecule has 0 amide bonds. The van der Waals surface area contributed by atoms with Gasteiger partial charge in [0.2, 0.25) is 0 Å². The number of nitrogens with zero attached hydrogens (tertiary/aromatic N) is 2. The minimum Gasteiger partial charge on any atom is -0.382 e. The first kappa shape index (κ1) is 13.0. The molecule has 0 aliphatic rings. The van der Waals surface area contributed by atoms with Gasteiger partial charge in [-0.25, -0.2) is 0 Å². The Morgan fingerprint density at radius 2 is 2.11 bits per heavy atom. The van der Waals surface area contributed by atoms with Gasteiger partial charge in [-0.3, -0.25) is 9.52 Å². The molecular weight excluding hydrogens is 230 g/mol. The summed E-state index contributed by atoms with van der Waals surface area (Å²) >= 11 is 0. The van der Waals surface area contributed by atoms with Gasteiger partial charge < -0.3 is 4.74 Å². The van der Waals surface area contributed by atoms with E-state index in [0.717, 1.165) is 17.8 Å². The Morgan fingerprint density at radius 3 is 2.89 bits per heavy atom. The number of nitrogens with one attached hydrogen (secondary N) is 1. The first-order valence-electron chi connectivity index (χ1n) is 6.14. The molecule has 5 heteroatoms. The molecule has 1 aromatic carbocycles. The lowest BCUT2D eigenvalue weighted by Gasteiger charge is -2.03. The van der Waals surface area contributed by atoms with E-state index in [-0.39, 0.29) is 0 Å². The largest absolute Gasteiger partial charge is 0.382 e. The summed E-state index contributed by atoms with van der Waals surface area (Å²) in [5.41, 5.74) is 5.08. The molecule has 0 bridgehead atoms. The molecule has 5 nitrogen and oxygen atoms in total. The van der Waals surface area contributed by atoms with Crippen LogP contribution < -0.4 is 5.48 Å². The molecule has 0 aliphatic carbocycles. The molecule has 98 valence electrons. The van der Waals surface area contributed by atoms with Crippen molar-refractivity contribution in [2.24, 2.45) is 0 Å².